The van der Waals surface area contributed by atoms with Gasteiger partial charge in [-0.1, -0.05) is 30.3 Å². The quantitative estimate of drug-likeness (QED) is 0.605. The van der Waals surface area contributed by atoms with Gasteiger partial charge in [-0.2, -0.15) is 0 Å². The Morgan fingerprint density at radius 3 is 2.79 bits per heavy atom. The smallest absolute Gasteiger partial charge is 0.408 e. The van der Waals surface area contributed by atoms with Gasteiger partial charge >= 0.3 is 6.09 Å². The van der Waals surface area contributed by atoms with E-state index in [4.69, 9.17) is 4.74 Å². The second-order valence-corrected chi connectivity index (χ2v) is 7.09. The van der Waals surface area contributed by atoms with Crippen LogP contribution in [0, 0.1) is 0 Å². The summed E-state index contributed by atoms with van der Waals surface area (Å²) >= 11 is 1.26. The van der Waals surface area contributed by atoms with Crippen LogP contribution in [0.4, 0.5) is 4.79 Å². The first-order valence-corrected chi connectivity index (χ1v) is 9.96. The van der Waals surface area contributed by atoms with E-state index in [0.29, 0.717) is 25.1 Å². The number of amides is 3. The van der Waals surface area contributed by atoms with Gasteiger partial charge in [-0.15, -0.1) is 11.3 Å². The van der Waals surface area contributed by atoms with Crippen molar-refractivity contribution in [1.29, 1.82) is 0 Å². The fourth-order valence-corrected chi connectivity index (χ4v) is 3.38. The molecule has 1 fully saturated rings. The molecule has 3 amide bonds. The van der Waals surface area contributed by atoms with Gasteiger partial charge < -0.3 is 20.7 Å². The largest absolute Gasteiger partial charge is 0.445 e. The van der Waals surface area contributed by atoms with Crippen molar-refractivity contribution >= 4 is 35.0 Å². The average Bonchev–Trinajstić information content (AvgIpc) is 3.22. The summed E-state index contributed by atoms with van der Waals surface area (Å²) in [5, 5.41) is 9.12. The van der Waals surface area contributed by atoms with Gasteiger partial charge in [0.05, 0.1) is 17.2 Å². The third-order valence-corrected chi connectivity index (χ3v) is 4.90. The summed E-state index contributed by atoms with van der Waals surface area (Å²) in [7, 11) is 0. The molecular weight excluding hydrogens is 396 g/mol. The van der Waals surface area contributed by atoms with Crippen LogP contribution in [0.1, 0.15) is 30.1 Å². The first-order valence-electron chi connectivity index (χ1n) is 9.02. The van der Waals surface area contributed by atoms with Gasteiger partial charge in [-0.3, -0.25) is 14.4 Å². The van der Waals surface area contributed by atoms with E-state index in [-0.39, 0.29) is 6.61 Å². The van der Waals surface area contributed by atoms with Crippen LogP contribution in [0.15, 0.2) is 41.2 Å². The molecule has 1 aromatic carbocycles. The highest BCUT2D eigenvalue weighted by molar-refractivity contribution is 7.07. The predicted molar refractivity (Wildman–Crippen MR) is 104 cm³/mol. The van der Waals surface area contributed by atoms with E-state index in [0.717, 1.165) is 5.56 Å². The molecule has 2 heterocycles. The molecule has 0 saturated carbocycles. The van der Waals surface area contributed by atoms with Crippen LogP contribution in [-0.4, -0.2) is 41.3 Å². The molecule has 2 atom stereocenters. The third kappa shape index (κ3) is 5.61. The van der Waals surface area contributed by atoms with E-state index in [2.05, 4.69) is 20.9 Å². The van der Waals surface area contributed by atoms with Crippen LogP contribution >= 0.6 is 11.3 Å². The molecular formula is C19H20N4O5S. The number of hydrogen-bond donors (Lipinski definition) is 3. The maximum absolute atomic E-state index is 12.8. The van der Waals surface area contributed by atoms with Gasteiger partial charge in [-0.25, -0.2) is 9.78 Å². The Labute approximate surface area is 170 Å². The highest BCUT2D eigenvalue weighted by atomic mass is 32.1. The van der Waals surface area contributed by atoms with E-state index in [1.54, 1.807) is 17.5 Å². The van der Waals surface area contributed by atoms with E-state index in [1.807, 2.05) is 18.2 Å². The number of carbonyl (C=O) groups excluding carboxylic acids is 4. The molecule has 0 radical (unpaired) electrons. The van der Waals surface area contributed by atoms with Crippen LogP contribution in [-0.2, 0) is 25.7 Å². The lowest BCUT2D eigenvalue weighted by Gasteiger charge is -2.20. The molecule has 0 spiro atoms. The number of aromatic nitrogens is 1. The number of Topliss-reactive ketones (excluding diaryl/α,β-unsaturated/α-hetero) is 1. The van der Waals surface area contributed by atoms with Gasteiger partial charge in [0.15, 0.2) is 6.04 Å². The molecule has 3 rings (SSSR count). The van der Waals surface area contributed by atoms with E-state index < -0.39 is 35.8 Å². The fourth-order valence-electron chi connectivity index (χ4n) is 2.80. The number of nitrogens with zero attached hydrogens (tertiary/aromatic N) is 1. The lowest BCUT2D eigenvalue weighted by molar-refractivity contribution is -0.139. The van der Waals surface area contributed by atoms with Crippen molar-refractivity contribution in [1.82, 2.24) is 20.9 Å². The van der Waals surface area contributed by atoms with Gasteiger partial charge in [-0.05, 0) is 18.4 Å². The summed E-state index contributed by atoms with van der Waals surface area (Å²) in [6.45, 7) is 0.413. The summed E-state index contributed by atoms with van der Waals surface area (Å²) in [6, 6.07) is 7.00. The molecule has 1 aliphatic heterocycles. The third-order valence-electron chi connectivity index (χ3n) is 4.30. The van der Waals surface area contributed by atoms with Crippen molar-refractivity contribution in [2.24, 2.45) is 0 Å². The second kappa shape index (κ2) is 9.78. The number of hydrogen-bond acceptors (Lipinski definition) is 7. The summed E-state index contributed by atoms with van der Waals surface area (Å²) < 4.78 is 5.17. The van der Waals surface area contributed by atoms with Crippen LogP contribution in [0.25, 0.3) is 0 Å². The number of benzene rings is 1. The number of ketones is 1. The molecule has 1 aliphatic rings. The van der Waals surface area contributed by atoms with Crippen molar-refractivity contribution in [2.45, 2.75) is 31.5 Å². The molecule has 152 valence electrons. The van der Waals surface area contributed by atoms with Crippen LogP contribution in [0.5, 0.6) is 0 Å². The Morgan fingerprint density at radius 1 is 1.28 bits per heavy atom. The maximum atomic E-state index is 12.8. The highest BCUT2D eigenvalue weighted by Crippen LogP contribution is 2.15. The van der Waals surface area contributed by atoms with Gasteiger partial charge in [0, 0.05) is 11.9 Å². The minimum absolute atomic E-state index is 0.0410. The zero-order chi connectivity index (χ0) is 20.6. The van der Waals surface area contributed by atoms with E-state index in [9.17, 15) is 19.2 Å². The highest BCUT2D eigenvalue weighted by Gasteiger charge is 2.33. The molecule has 0 aliphatic carbocycles. The standard InChI is InChI=1S/C19H20N4O5S/c24-16-13(7-4-8-20-18(16)26)22-17(25)15(14-10-29-11-21-14)23-19(27)28-9-12-5-2-1-3-6-12/h1-3,5-6,10-11,13,15H,4,7-9H2,(H,20,26)(H,22,25)(H,23,27). The molecule has 10 heteroatoms. The lowest BCUT2D eigenvalue weighted by Crippen LogP contribution is -2.49. The normalized spacial score (nSPS) is 17.6. The summed E-state index contributed by atoms with van der Waals surface area (Å²) in [4.78, 5) is 52.9. The Morgan fingerprint density at radius 2 is 2.07 bits per heavy atom. The number of carbonyl (C=O) groups is 4. The number of nitrogens with one attached hydrogen (secondary N) is 3. The number of alkyl carbamates (subject to hydrolysis) is 1. The molecule has 1 aromatic heterocycles. The molecule has 0 bridgehead atoms. The Kier molecular flexibility index (Phi) is 6.90. The van der Waals surface area contributed by atoms with Crippen molar-refractivity contribution in [3.8, 4) is 0 Å². The second-order valence-electron chi connectivity index (χ2n) is 6.38. The molecule has 9 nitrogen and oxygen atoms in total. The molecule has 29 heavy (non-hydrogen) atoms. The Hall–Kier alpha value is -3.27. The number of rotatable bonds is 6. The van der Waals surface area contributed by atoms with Gasteiger partial charge in [0.25, 0.3) is 5.91 Å². The van der Waals surface area contributed by atoms with Crippen molar-refractivity contribution < 1.29 is 23.9 Å². The van der Waals surface area contributed by atoms with Crippen LogP contribution in [0.2, 0.25) is 0 Å². The zero-order valence-corrected chi connectivity index (χ0v) is 16.2. The molecule has 2 aromatic rings. The van der Waals surface area contributed by atoms with Crippen molar-refractivity contribution in [3.63, 3.8) is 0 Å². The monoisotopic (exact) mass is 416 g/mol. The summed E-state index contributed by atoms with van der Waals surface area (Å²) in [6.07, 6.45) is 0.0777. The van der Waals surface area contributed by atoms with Crippen molar-refractivity contribution in [3.05, 3.63) is 52.5 Å². The Bertz CT molecular complexity index is 872. The minimum Gasteiger partial charge on any atom is -0.445 e. The zero-order valence-electron chi connectivity index (χ0n) is 15.4. The maximum Gasteiger partial charge on any atom is 0.408 e. The van der Waals surface area contributed by atoms with E-state index >= 15 is 0 Å². The molecule has 1 saturated heterocycles. The minimum atomic E-state index is -1.15. The molecule has 3 N–H and O–H groups in total. The van der Waals surface area contributed by atoms with Crippen molar-refractivity contribution in [2.75, 3.05) is 6.54 Å². The average molecular weight is 416 g/mol. The van der Waals surface area contributed by atoms with Crippen LogP contribution in [0.3, 0.4) is 0 Å². The number of thiazole rings is 1. The van der Waals surface area contributed by atoms with E-state index in [1.165, 1.54) is 16.8 Å². The number of ether oxygens (including phenoxy) is 1. The Balaban J connectivity index is 1.65. The first-order chi connectivity index (χ1) is 14.0. The predicted octanol–water partition coefficient (Wildman–Crippen LogP) is 1.07. The summed E-state index contributed by atoms with van der Waals surface area (Å²) in [5.41, 5.74) is 2.64. The van der Waals surface area contributed by atoms with Crippen LogP contribution < -0.4 is 16.0 Å². The lowest BCUT2D eigenvalue weighted by atomic mass is 10.1. The van der Waals surface area contributed by atoms with Gasteiger partial charge in [0.2, 0.25) is 11.7 Å². The SMILES string of the molecule is O=C(NC(C(=O)NC1CCCNC(=O)C1=O)c1cscn1)OCc1ccccc1. The topological polar surface area (TPSA) is 126 Å². The first kappa shape index (κ1) is 20.5. The summed E-state index contributed by atoms with van der Waals surface area (Å²) in [5.74, 6) is -2.08. The fraction of sp³-hybridized carbons (Fsp3) is 0.316. The van der Waals surface area contributed by atoms with Gasteiger partial charge in [0.1, 0.15) is 6.61 Å². The molecule has 2 unspecified atom stereocenters.